The van der Waals surface area contributed by atoms with E-state index in [0.29, 0.717) is 0 Å². The molecule has 0 aromatic carbocycles. The Kier molecular flexibility index (Phi) is 221. The summed E-state index contributed by atoms with van der Waals surface area (Å²) in [5.74, 6) is 0. The number of carbonyl (C=O) groups is 3. The number of hydrogen-bond donors (Lipinski definition) is 3. The minimum Gasteiger partial charge on any atom is -0.483 e. The van der Waals surface area contributed by atoms with E-state index in [1.54, 1.807) is 0 Å². The Morgan fingerprint density at radius 3 is 0.700 bits per heavy atom. The Labute approximate surface area is 69.2 Å². The molecule has 0 atom stereocenters. The molecule has 0 amide bonds. The van der Waals surface area contributed by atoms with E-state index >= 15 is 0 Å². The zero-order valence-corrected chi connectivity index (χ0v) is 6.27. The average Bonchev–Trinajstić information content (AvgIpc) is 1.70. The van der Waals surface area contributed by atoms with Gasteiger partial charge in [0.1, 0.15) is 0 Å². The molecule has 0 saturated carbocycles. The fourth-order valence-corrected chi connectivity index (χ4v) is 0. The van der Waals surface area contributed by atoms with Gasteiger partial charge in [-0.2, -0.15) is 0 Å². The van der Waals surface area contributed by atoms with Crippen molar-refractivity contribution in [3.05, 3.63) is 0 Å². The van der Waals surface area contributed by atoms with Gasteiger partial charge in [-0.25, -0.2) is 0 Å². The normalized spacial score (nSPS) is 3.60. The Hall–Kier alpha value is -0.967. The van der Waals surface area contributed by atoms with E-state index in [1.165, 1.54) is 0 Å². The first-order valence-corrected chi connectivity index (χ1v) is 1.48. The van der Waals surface area contributed by atoms with Gasteiger partial charge in [0.25, 0.3) is 19.4 Å². The molecule has 0 heterocycles. The van der Waals surface area contributed by atoms with E-state index < -0.39 is 0 Å². The summed E-state index contributed by atoms with van der Waals surface area (Å²) in [6.45, 7) is -0.750. The first-order chi connectivity index (χ1) is 4.24. The van der Waals surface area contributed by atoms with E-state index in [2.05, 4.69) is 0 Å². The SMILES string of the molecule is O=CO.O=CO.O=CO.[Rh]. The van der Waals surface area contributed by atoms with Gasteiger partial charge in [-0.3, -0.25) is 14.4 Å². The van der Waals surface area contributed by atoms with Crippen molar-refractivity contribution in [1.82, 2.24) is 0 Å². The molecule has 0 rings (SSSR count). The zero-order valence-electron chi connectivity index (χ0n) is 4.63. The van der Waals surface area contributed by atoms with Crippen LogP contribution in [-0.2, 0) is 33.9 Å². The molecule has 0 bridgehead atoms. The quantitative estimate of drug-likeness (QED) is 0.374. The molecule has 6 nitrogen and oxygen atoms in total. The van der Waals surface area contributed by atoms with Crippen LogP contribution in [0.5, 0.6) is 0 Å². The van der Waals surface area contributed by atoms with Crippen LogP contribution >= 0.6 is 0 Å². The van der Waals surface area contributed by atoms with Gasteiger partial charge in [-0.05, 0) is 0 Å². The van der Waals surface area contributed by atoms with Crippen LogP contribution < -0.4 is 0 Å². The summed E-state index contributed by atoms with van der Waals surface area (Å²) in [7, 11) is 0. The summed E-state index contributed by atoms with van der Waals surface area (Å²) in [6.07, 6.45) is 0. The molecule has 0 saturated heterocycles. The van der Waals surface area contributed by atoms with Crippen molar-refractivity contribution in [3.8, 4) is 0 Å². The van der Waals surface area contributed by atoms with Crippen LogP contribution in [0.1, 0.15) is 0 Å². The van der Waals surface area contributed by atoms with Crippen LogP contribution in [-0.4, -0.2) is 34.7 Å². The minimum absolute atomic E-state index is 0. The summed E-state index contributed by atoms with van der Waals surface area (Å²) in [6, 6.07) is 0. The van der Waals surface area contributed by atoms with E-state index in [4.69, 9.17) is 29.7 Å². The van der Waals surface area contributed by atoms with Gasteiger partial charge in [0.15, 0.2) is 0 Å². The predicted octanol–water partition coefficient (Wildman–Crippen LogP) is -0.900. The monoisotopic (exact) mass is 241 g/mol. The van der Waals surface area contributed by atoms with Gasteiger partial charge in [0.05, 0.1) is 0 Å². The third-order valence-electron chi connectivity index (χ3n) is 0. The van der Waals surface area contributed by atoms with Gasteiger partial charge in [-0.15, -0.1) is 0 Å². The summed E-state index contributed by atoms with van der Waals surface area (Å²) in [5, 5.41) is 20.7. The molecule has 0 aliphatic carbocycles. The zero-order chi connectivity index (χ0) is 8.12. The Morgan fingerprint density at radius 1 is 0.700 bits per heavy atom. The van der Waals surface area contributed by atoms with E-state index in [0.717, 1.165) is 0 Å². The molecule has 63 valence electrons. The number of rotatable bonds is 0. The third kappa shape index (κ3) is 274. The summed E-state index contributed by atoms with van der Waals surface area (Å²) < 4.78 is 0. The molecule has 10 heavy (non-hydrogen) atoms. The van der Waals surface area contributed by atoms with Crippen molar-refractivity contribution in [2.45, 2.75) is 0 Å². The fraction of sp³-hybridized carbons (Fsp3) is 0. The average molecular weight is 241 g/mol. The van der Waals surface area contributed by atoms with Crippen LogP contribution in [0, 0.1) is 0 Å². The van der Waals surface area contributed by atoms with Crippen molar-refractivity contribution in [1.29, 1.82) is 0 Å². The van der Waals surface area contributed by atoms with Crippen molar-refractivity contribution >= 4 is 19.4 Å². The number of hydrogen-bond acceptors (Lipinski definition) is 3. The second kappa shape index (κ2) is 96.1. The Bertz CT molecular complexity index is 49.7. The standard InChI is InChI=1S/3CH2O2.Rh/c3*2-1-3;/h3*1H,(H,2,3);. The first kappa shape index (κ1) is 23.0. The molecule has 0 fully saturated rings. The summed E-state index contributed by atoms with van der Waals surface area (Å²) in [4.78, 5) is 25.1. The fourth-order valence-electron chi connectivity index (χ4n) is 0. The smallest absolute Gasteiger partial charge is 0.290 e. The van der Waals surface area contributed by atoms with E-state index in [9.17, 15) is 0 Å². The largest absolute Gasteiger partial charge is 0.483 e. The van der Waals surface area contributed by atoms with Crippen LogP contribution in [0.2, 0.25) is 0 Å². The molecule has 0 aromatic rings. The summed E-state index contributed by atoms with van der Waals surface area (Å²) in [5.41, 5.74) is 0. The number of carboxylic acid groups (broad SMARTS) is 3. The maximum atomic E-state index is 8.36. The molecule has 0 aliphatic heterocycles. The van der Waals surface area contributed by atoms with Gasteiger partial charge in [-0.1, -0.05) is 0 Å². The molecule has 0 aliphatic rings. The first-order valence-electron chi connectivity index (χ1n) is 1.48. The van der Waals surface area contributed by atoms with Crippen LogP contribution in [0.25, 0.3) is 0 Å². The van der Waals surface area contributed by atoms with E-state index in [-0.39, 0.29) is 38.9 Å². The molecule has 7 heteroatoms. The summed E-state index contributed by atoms with van der Waals surface area (Å²) >= 11 is 0. The van der Waals surface area contributed by atoms with Gasteiger partial charge < -0.3 is 15.3 Å². The van der Waals surface area contributed by atoms with Crippen molar-refractivity contribution < 1.29 is 49.2 Å². The van der Waals surface area contributed by atoms with Crippen molar-refractivity contribution in [2.75, 3.05) is 0 Å². The second-order valence-corrected chi connectivity index (χ2v) is 0.316. The molecular weight excluding hydrogens is 235 g/mol. The minimum atomic E-state index is -0.250. The van der Waals surface area contributed by atoms with Gasteiger partial charge in [0, 0.05) is 19.5 Å². The molecule has 0 unspecified atom stereocenters. The third-order valence-corrected chi connectivity index (χ3v) is 0. The van der Waals surface area contributed by atoms with Crippen LogP contribution in [0.4, 0.5) is 0 Å². The van der Waals surface area contributed by atoms with Gasteiger partial charge >= 0.3 is 0 Å². The Balaban J connectivity index is -0.0000000257. The Morgan fingerprint density at radius 2 is 0.700 bits per heavy atom. The second-order valence-electron chi connectivity index (χ2n) is 0.316. The van der Waals surface area contributed by atoms with Crippen molar-refractivity contribution in [3.63, 3.8) is 0 Å². The molecule has 3 N–H and O–H groups in total. The maximum Gasteiger partial charge on any atom is 0.290 e. The maximum absolute atomic E-state index is 8.36. The molecule has 1 radical (unpaired) electrons. The van der Waals surface area contributed by atoms with Gasteiger partial charge in [0.2, 0.25) is 0 Å². The molecule has 0 spiro atoms. The predicted molar refractivity (Wildman–Crippen MR) is 26.1 cm³/mol. The van der Waals surface area contributed by atoms with E-state index in [1.807, 2.05) is 0 Å². The van der Waals surface area contributed by atoms with Crippen molar-refractivity contribution in [2.24, 2.45) is 0 Å². The molecule has 0 aromatic heterocycles. The van der Waals surface area contributed by atoms with Crippen LogP contribution in [0.15, 0.2) is 0 Å². The topological polar surface area (TPSA) is 112 Å². The van der Waals surface area contributed by atoms with Crippen LogP contribution in [0.3, 0.4) is 0 Å². The molecular formula is C3H6O6Rh.